The number of fused-ring (bicyclic) bond motifs is 4. The second-order valence-corrected chi connectivity index (χ2v) is 21.7. The van der Waals surface area contributed by atoms with Gasteiger partial charge in [0.2, 0.25) is 5.91 Å². The van der Waals surface area contributed by atoms with Crippen LogP contribution in [0.1, 0.15) is 110 Å². The first kappa shape index (κ1) is 55.2. The minimum absolute atomic E-state index is 0. The fourth-order valence-electron chi connectivity index (χ4n) is 10.4. The molecule has 8 rings (SSSR count). The van der Waals surface area contributed by atoms with E-state index in [1.807, 2.05) is 11.8 Å². The van der Waals surface area contributed by atoms with Crippen LogP contribution in [0.15, 0.2) is 103 Å². The van der Waals surface area contributed by atoms with Crippen molar-refractivity contribution in [2.45, 2.75) is 120 Å². The van der Waals surface area contributed by atoms with Crippen molar-refractivity contribution in [3.05, 3.63) is 143 Å². The molecule has 0 saturated carbocycles. The first-order valence-corrected chi connectivity index (χ1v) is 26.9. The predicted octanol–water partition coefficient (Wildman–Crippen LogP) is 5.22. The Labute approximate surface area is 459 Å². The molecular formula is C56H65N3Na2O6S2. The van der Waals surface area contributed by atoms with E-state index in [1.54, 1.807) is 0 Å². The molecule has 9 nitrogen and oxygen atoms in total. The molecule has 2 fully saturated rings. The summed E-state index contributed by atoms with van der Waals surface area (Å²) in [6, 6.07) is 37.8. The van der Waals surface area contributed by atoms with Gasteiger partial charge in [-0.05, 0) is 139 Å². The number of thioether (sulfide) groups is 1. The van der Waals surface area contributed by atoms with Crippen LogP contribution in [0.5, 0.6) is 5.75 Å². The van der Waals surface area contributed by atoms with E-state index in [2.05, 4.69) is 140 Å². The largest absolute Gasteiger partial charge is 1.00 e. The number of amides is 3. The van der Waals surface area contributed by atoms with Crippen molar-refractivity contribution in [2.24, 2.45) is 0 Å². The van der Waals surface area contributed by atoms with Gasteiger partial charge in [-0.15, -0.1) is 0 Å². The molecule has 5 aromatic carbocycles. The molecule has 1 aliphatic carbocycles. The molecule has 0 bridgehead atoms. The molecule has 69 heavy (non-hydrogen) atoms. The van der Waals surface area contributed by atoms with E-state index < -0.39 is 10.1 Å². The molecular weight excluding hydrogens is 921 g/mol. The molecule has 4 unspecified atom stereocenters. The molecule has 354 valence electrons. The average Bonchev–Trinajstić information content (AvgIpc) is 3.95. The van der Waals surface area contributed by atoms with E-state index in [-0.39, 0.29) is 94.3 Å². The summed E-state index contributed by atoms with van der Waals surface area (Å²) in [4.78, 5) is 24.2. The van der Waals surface area contributed by atoms with Gasteiger partial charge in [-0.3, -0.25) is 4.79 Å². The summed E-state index contributed by atoms with van der Waals surface area (Å²) in [5.74, 6) is 1.54. The van der Waals surface area contributed by atoms with E-state index in [9.17, 15) is 22.6 Å². The molecule has 4 atom stereocenters. The number of hydrogen-bond donors (Lipinski definition) is 3. The monoisotopic (exact) mass is 985 g/mol. The molecule has 2 heterocycles. The molecule has 3 aliphatic rings. The third-order valence-corrected chi connectivity index (χ3v) is 16.2. The first-order chi connectivity index (χ1) is 32.4. The van der Waals surface area contributed by atoms with E-state index in [0.717, 1.165) is 104 Å². The van der Waals surface area contributed by atoms with Crippen LogP contribution in [0.25, 0.3) is 33.4 Å². The molecule has 5 aromatic rings. The van der Waals surface area contributed by atoms with E-state index in [4.69, 9.17) is 4.74 Å². The van der Waals surface area contributed by atoms with Crippen molar-refractivity contribution in [2.75, 3.05) is 24.7 Å². The average molecular weight is 986 g/mol. The smallest absolute Gasteiger partial charge is 0.748 e. The van der Waals surface area contributed by atoms with Gasteiger partial charge in [0.05, 0.1) is 28.8 Å². The molecule has 0 spiro atoms. The van der Waals surface area contributed by atoms with E-state index >= 15 is 0 Å². The van der Waals surface area contributed by atoms with Gasteiger partial charge in [-0.2, -0.15) is 18.2 Å². The Morgan fingerprint density at radius 2 is 1.43 bits per heavy atom. The number of rotatable bonds is 23. The van der Waals surface area contributed by atoms with Crippen LogP contribution in [-0.2, 0) is 26.7 Å². The number of hydrogen-bond acceptors (Lipinski definition) is 7. The SMILES string of the molecule is [CH2-]CCCC1(CCCCS(=O)(=O)[O-])c2cc(C)ccc2-c2ccc(-c3ccc(Cc4cc(OCCCCNC(=O)CCCCC5SCC6NC(=O)NC65)cc(-c5ccc(C)cc5)c4)cc3)cc21.[Na+].[Na+]. The fraction of sp³-hybridized carbons (Fsp3) is 0.411. The number of benzene rings is 5. The summed E-state index contributed by atoms with van der Waals surface area (Å²) < 4.78 is 40.9. The summed E-state index contributed by atoms with van der Waals surface area (Å²) in [5, 5.41) is 9.54. The standard InChI is InChI=1S/C56H66N3O6S2.2Na/c1-4-5-26-56(27-8-11-30-67(62,63)64)49-31-39(3)16-24-47(49)48-25-23-44(36-50(48)56)42-21-17-40(18-22-42)32-41-33-45(43-19-14-38(2)15-20-43)35-46(34-41)65-29-10-9-28-57-53(60)13-7-6-12-52-54-51(37-66-52)58-55(61)59-54;;/h14-25,31,33-36,51-52,54H,1,4-13,26-30,32,37H2,2-3H3,(H,57,60)(H2,58,59,61)(H,62,63,64);;/q-1;2*+1/p-1. The summed E-state index contributed by atoms with van der Waals surface area (Å²) in [6.45, 7) is 9.57. The van der Waals surface area contributed by atoms with Crippen molar-refractivity contribution in [1.29, 1.82) is 0 Å². The zero-order valence-corrected chi connectivity index (χ0v) is 46.7. The van der Waals surface area contributed by atoms with Crippen molar-refractivity contribution in [1.82, 2.24) is 16.0 Å². The predicted molar refractivity (Wildman–Crippen MR) is 272 cm³/mol. The Morgan fingerprint density at radius 3 is 2.19 bits per heavy atom. The normalized spacial score (nSPS) is 18.8. The van der Waals surface area contributed by atoms with Crippen molar-refractivity contribution in [3.8, 4) is 39.1 Å². The maximum atomic E-state index is 12.6. The molecule has 0 radical (unpaired) electrons. The quantitative estimate of drug-likeness (QED) is 0.0269. The van der Waals surface area contributed by atoms with Crippen LogP contribution in [-0.4, -0.2) is 66.9 Å². The molecule has 2 aliphatic heterocycles. The van der Waals surface area contributed by atoms with E-state index in [1.165, 1.54) is 38.9 Å². The number of aryl methyl sites for hydroxylation is 2. The van der Waals surface area contributed by atoms with Crippen molar-refractivity contribution < 1.29 is 86.4 Å². The minimum Gasteiger partial charge on any atom is -0.748 e. The zero-order chi connectivity index (χ0) is 47.0. The van der Waals surface area contributed by atoms with Crippen LogP contribution in [0.4, 0.5) is 4.79 Å². The summed E-state index contributed by atoms with van der Waals surface area (Å²) in [5.41, 5.74) is 14.0. The number of carbonyl (C=O) groups is 2. The first-order valence-electron chi connectivity index (χ1n) is 24.2. The Morgan fingerprint density at radius 1 is 0.754 bits per heavy atom. The van der Waals surface area contributed by atoms with Crippen LogP contribution in [0.3, 0.4) is 0 Å². The molecule has 13 heteroatoms. The van der Waals surface area contributed by atoms with Crippen molar-refractivity contribution >= 4 is 33.8 Å². The fourth-order valence-corrected chi connectivity index (χ4v) is 12.5. The van der Waals surface area contributed by atoms with Gasteiger partial charge < -0.3 is 32.2 Å². The molecule has 3 amide bonds. The number of urea groups is 1. The topological polar surface area (TPSA) is 137 Å². The maximum Gasteiger partial charge on any atom is 1.00 e. The maximum absolute atomic E-state index is 12.6. The summed E-state index contributed by atoms with van der Waals surface area (Å²) in [6.07, 6.45) is 10.2. The van der Waals surface area contributed by atoms with Gasteiger partial charge in [0.15, 0.2) is 0 Å². The van der Waals surface area contributed by atoms with Crippen LogP contribution < -0.4 is 79.8 Å². The molecule has 2 saturated heterocycles. The van der Waals surface area contributed by atoms with Crippen LogP contribution in [0, 0.1) is 20.8 Å². The Balaban J connectivity index is 0.00000391. The van der Waals surface area contributed by atoms with Gasteiger partial charge in [0.25, 0.3) is 0 Å². The number of unbranched alkanes of at least 4 members (excludes halogenated alkanes) is 4. The number of ether oxygens (including phenoxy) is 1. The van der Waals surface area contributed by atoms with Gasteiger partial charge in [0.1, 0.15) is 5.75 Å². The summed E-state index contributed by atoms with van der Waals surface area (Å²) >= 11 is 1.91. The third-order valence-electron chi connectivity index (χ3n) is 13.9. The zero-order valence-electron chi connectivity index (χ0n) is 41.0. The Hall–Kier alpha value is -3.10. The minimum atomic E-state index is -4.27. The van der Waals surface area contributed by atoms with Crippen LogP contribution in [0.2, 0.25) is 0 Å². The molecule has 0 aromatic heterocycles. The summed E-state index contributed by atoms with van der Waals surface area (Å²) in [7, 11) is -4.27. The van der Waals surface area contributed by atoms with Gasteiger partial charge in [-0.1, -0.05) is 115 Å². The molecule has 3 N–H and O–H groups in total. The van der Waals surface area contributed by atoms with Crippen molar-refractivity contribution in [3.63, 3.8) is 0 Å². The Bertz CT molecular complexity index is 2650. The number of nitrogens with one attached hydrogen (secondary N) is 3. The Kier molecular flexibility index (Phi) is 20.4. The van der Waals surface area contributed by atoms with Gasteiger partial charge in [-0.25, -0.2) is 13.2 Å². The van der Waals surface area contributed by atoms with Gasteiger partial charge >= 0.3 is 65.1 Å². The van der Waals surface area contributed by atoms with Crippen LogP contribution >= 0.6 is 11.8 Å². The number of carbonyl (C=O) groups excluding carboxylic acids is 2. The van der Waals surface area contributed by atoms with E-state index in [0.29, 0.717) is 37.7 Å². The second kappa shape index (κ2) is 25.5. The second-order valence-electron chi connectivity index (χ2n) is 18.9. The third kappa shape index (κ3) is 14.3. The van der Waals surface area contributed by atoms with Gasteiger partial charge in [0, 0.05) is 35.1 Å².